The smallest absolute Gasteiger partial charge is 0.251 e. The predicted octanol–water partition coefficient (Wildman–Crippen LogP) is 3.64. The van der Waals surface area contributed by atoms with E-state index in [1.807, 2.05) is 67.5 Å². The van der Waals surface area contributed by atoms with Crippen LogP contribution in [0.25, 0.3) is 0 Å². The van der Waals surface area contributed by atoms with Gasteiger partial charge in [-0.2, -0.15) is 0 Å². The third kappa shape index (κ3) is 4.25. The number of hydrogen-bond acceptors (Lipinski definition) is 3. The largest absolute Gasteiger partial charge is 0.497 e. The van der Waals surface area contributed by atoms with Gasteiger partial charge in [-0.15, -0.1) is 0 Å². The van der Waals surface area contributed by atoms with Gasteiger partial charge in [0.25, 0.3) is 5.91 Å². The van der Waals surface area contributed by atoms with Gasteiger partial charge in [0.05, 0.1) is 13.2 Å². The summed E-state index contributed by atoms with van der Waals surface area (Å²) >= 11 is 0. The number of ether oxygens (including phenoxy) is 1. The minimum Gasteiger partial charge on any atom is -0.497 e. The monoisotopic (exact) mass is 312 g/mol. The maximum atomic E-state index is 12.5. The standard InChI is InChI=1S/C19H24N2O2/c1-5-18(14-9-11-17(23-4)12-10-14)20-19(22)15-7-6-8-16(13-15)21(2)3/h6-13,18H,5H2,1-4H3,(H,20,22). The van der Waals surface area contributed by atoms with Crippen molar-refractivity contribution in [2.24, 2.45) is 0 Å². The molecule has 0 bridgehead atoms. The summed E-state index contributed by atoms with van der Waals surface area (Å²) in [4.78, 5) is 14.5. The molecule has 1 unspecified atom stereocenters. The van der Waals surface area contributed by atoms with E-state index >= 15 is 0 Å². The molecule has 0 saturated heterocycles. The highest BCUT2D eigenvalue weighted by atomic mass is 16.5. The lowest BCUT2D eigenvalue weighted by Gasteiger charge is -2.19. The van der Waals surface area contributed by atoms with Crippen LogP contribution in [0.5, 0.6) is 5.75 Å². The van der Waals surface area contributed by atoms with Crippen LogP contribution in [-0.2, 0) is 0 Å². The summed E-state index contributed by atoms with van der Waals surface area (Å²) < 4.78 is 5.18. The van der Waals surface area contributed by atoms with Gasteiger partial charge in [0.2, 0.25) is 0 Å². The van der Waals surface area contributed by atoms with Crippen LogP contribution in [-0.4, -0.2) is 27.1 Å². The van der Waals surface area contributed by atoms with Crippen molar-refractivity contribution in [1.82, 2.24) is 5.32 Å². The number of rotatable bonds is 6. The first-order valence-electron chi connectivity index (χ1n) is 7.77. The highest BCUT2D eigenvalue weighted by Crippen LogP contribution is 2.21. The Balaban J connectivity index is 2.14. The minimum absolute atomic E-state index is 0.0172. The number of anilines is 1. The molecular weight excluding hydrogens is 288 g/mol. The highest BCUT2D eigenvalue weighted by molar-refractivity contribution is 5.95. The topological polar surface area (TPSA) is 41.6 Å². The summed E-state index contributed by atoms with van der Waals surface area (Å²) in [5.74, 6) is 0.755. The number of carbonyl (C=O) groups is 1. The molecule has 2 aromatic carbocycles. The molecule has 0 aliphatic carbocycles. The van der Waals surface area contributed by atoms with Crippen molar-refractivity contribution in [3.63, 3.8) is 0 Å². The van der Waals surface area contributed by atoms with Crippen LogP contribution in [0.3, 0.4) is 0 Å². The van der Waals surface area contributed by atoms with Crippen LogP contribution in [0, 0.1) is 0 Å². The van der Waals surface area contributed by atoms with E-state index in [0.717, 1.165) is 23.4 Å². The van der Waals surface area contributed by atoms with Crippen molar-refractivity contribution in [2.75, 3.05) is 26.1 Å². The Morgan fingerprint density at radius 2 is 1.87 bits per heavy atom. The van der Waals surface area contributed by atoms with Crippen molar-refractivity contribution in [1.29, 1.82) is 0 Å². The number of nitrogens with zero attached hydrogens (tertiary/aromatic N) is 1. The zero-order valence-electron chi connectivity index (χ0n) is 14.2. The van der Waals surface area contributed by atoms with Gasteiger partial charge in [-0.1, -0.05) is 25.1 Å². The number of benzene rings is 2. The van der Waals surface area contributed by atoms with Crippen LogP contribution in [0.15, 0.2) is 48.5 Å². The fourth-order valence-electron chi connectivity index (χ4n) is 2.42. The number of methoxy groups -OCH3 is 1. The van der Waals surface area contributed by atoms with Gasteiger partial charge in [0.15, 0.2) is 0 Å². The molecule has 0 aliphatic heterocycles. The summed E-state index contributed by atoms with van der Waals surface area (Å²) in [5.41, 5.74) is 2.75. The van der Waals surface area contributed by atoms with Crippen molar-refractivity contribution < 1.29 is 9.53 Å². The van der Waals surface area contributed by atoms with Crippen molar-refractivity contribution in [3.8, 4) is 5.75 Å². The molecule has 0 aliphatic rings. The molecular formula is C19H24N2O2. The molecule has 0 aromatic heterocycles. The average molecular weight is 312 g/mol. The second-order valence-corrected chi connectivity index (χ2v) is 5.65. The number of carbonyl (C=O) groups excluding carboxylic acids is 1. The summed E-state index contributed by atoms with van der Waals surface area (Å²) in [7, 11) is 5.57. The van der Waals surface area contributed by atoms with Gasteiger partial charge < -0.3 is 15.0 Å². The Bertz CT molecular complexity index is 651. The quantitative estimate of drug-likeness (QED) is 0.885. The van der Waals surface area contributed by atoms with Crippen LogP contribution >= 0.6 is 0 Å². The first-order valence-corrected chi connectivity index (χ1v) is 7.77. The molecule has 4 nitrogen and oxygen atoms in total. The molecule has 0 fully saturated rings. The van der Waals surface area contributed by atoms with Crippen molar-refractivity contribution in [3.05, 3.63) is 59.7 Å². The van der Waals surface area contributed by atoms with Crippen LogP contribution in [0.1, 0.15) is 35.3 Å². The summed E-state index contributed by atoms with van der Waals surface area (Å²) in [6.45, 7) is 2.06. The maximum Gasteiger partial charge on any atom is 0.251 e. The molecule has 4 heteroatoms. The first kappa shape index (κ1) is 16.9. The van der Waals surface area contributed by atoms with Crippen molar-refractivity contribution in [2.45, 2.75) is 19.4 Å². The van der Waals surface area contributed by atoms with Gasteiger partial charge in [-0.3, -0.25) is 4.79 Å². The summed E-state index contributed by atoms with van der Waals surface area (Å²) in [5, 5.41) is 3.10. The Morgan fingerprint density at radius 1 is 1.17 bits per heavy atom. The lowest BCUT2D eigenvalue weighted by Crippen LogP contribution is -2.28. The third-order valence-corrected chi connectivity index (χ3v) is 3.86. The SMILES string of the molecule is CCC(NC(=O)c1cccc(N(C)C)c1)c1ccc(OC)cc1. The molecule has 122 valence electrons. The van der Waals surface area contributed by atoms with Gasteiger partial charge in [-0.25, -0.2) is 0 Å². The summed E-state index contributed by atoms with van der Waals surface area (Å²) in [6, 6.07) is 15.4. The highest BCUT2D eigenvalue weighted by Gasteiger charge is 2.14. The second kappa shape index (κ2) is 7.68. The van der Waals surface area contributed by atoms with E-state index in [1.54, 1.807) is 7.11 Å². The van der Waals surface area contributed by atoms with E-state index in [-0.39, 0.29) is 11.9 Å². The van der Waals surface area contributed by atoms with Gasteiger partial charge in [-0.05, 0) is 42.3 Å². The normalized spacial score (nSPS) is 11.7. The molecule has 2 aromatic rings. The van der Waals surface area contributed by atoms with Gasteiger partial charge >= 0.3 is 0 Å². The third-order valence-electron chi connectivity index (χ3n) is 3.86. The number of hydrogen-bond donors (Lipinski definition) is 1. The Hall–Kier alpha value is -2.49. The fraction of sp³-hybridized carbons (Fsp3) is 0.316. The molecule has 0 heterocycles. The fourth-order valence-corrected chi connectivity index (χ4v) is 2.42. The molecule has 1 atom stereocenters. The zero-order chi connectivity index (χ0) is 16.8. The van der Waals surface area contributed by atoms with E-state index in [2.05, 4.69) is 12.2 Å². The molecule has 1 N–H and O–H groups in total. The maximum absolute atomic E-state index is 12.5. The van der Waals surface area contributed by atoms with E-state index in [4.69, 9.17) is 4.74 Å². The molecule has 0 radical (unpaired) electrons. The number of nitrogens with one attached hydrogen (secondary N) is 1. The lowest BCUT2D eigenvalue weighted by molar-refractivity contribution is 0.0935. The van der Waals surface area contributed by atoms with Crippen molar-refractivity contribution >= 4 is 11.6 Å². The van der Waals surface area contributed by atoms with Gasteiger partial charge in [0.1, 0.15) is 5.75 Å². The lowest BCUT2D eigenvalue weighted by atomic mass is 10.0. The van der Waals surface area contributed by atoms with Gasteiger partial charge in [0, 0.05) is 25.3 Å². The molecule has 0 saturated carbocycles. The molecule has 0 spiro atoms. The van der Waals surface area contributed by atoms with Crippen LogP contribution in [0.2, 0.25) is 0 Å². The Kier molecular flexibility index (Phi) is 5.63. The Labute approximate surface area is 138 Å². The average Bonchev–Trinajstić information content (AvgIpc) is 2.59. The van der Waals surface area contributed by atoms with E-state index < -0.39 is 0 Å². The van der Waals surface area contributed by atoms with Crippen LogP contribution in [0.4, 0.5) is 5.69 Å². The molecule has 2 rings (SSSR count). The zero-order valence-corrected chi connectivity index (χ0v) is 14.2. The first-order chi connectivity index (χ1) is 11.0. The molecule has 1 amide bonds. The minimum atomic E-state index is -0.0589. The van der Waals surface area contributed by atoms with Crippen LogP contribution < -0.4 is 15.0 Å². The predicted molar refractivity (Wildman–Crippen MR) is 94.3 cm³/mol. The molecule has 23 heavy (non-hydrogen) atoms. The Morgan fingerprint density at radius 3 is 2.43 bits per heavy atom. The summed E-state index contributed by atoms with van der Waals surface area (Å²) in [6.07, 6.45) is 0.825. The van der Waals surface area contributed by atoms with E-state index in [9.17, 15) is 4.79 Å². The number of amides is 1. The van der Waals surface area contributed by atoms with E-state index in [1.165, 1.54) is 0 Å². The van der Waals surface area contributed by atoms with E-state index in [0.29, 0.717) is 5.56 Å². The second-order valence-electron chi connectivity index (χ2n) is 5.65.